The van der Waals surface area contributed by atoms with E-state index in [1.54, 1.807) is 16.7 Å². The van der Waals surface area contributed by atoms with Crippen molar-refractivity contribution in [2.45, 2.75) is 81.0 Å². The molecule has 0 radical (unpaired) electrons. The fourth-order valence-electron chi connectivity index (χ4n) is 5.64. The van der Waals surface area contributed by atoms with Crippen molar-refractivity contribution in [1.82, 2.24) is 0 Å². The second kappa shape index (κ2) is 11.5. The van der Waals surface area contributed by atoms with Crippen LogP contribution in [0.2, 0.25) is 18.1 Å². The zero-order valence-electron chi connectivity index (χ0n) is 25.6. The number of carbonyl (C=O) groups excluding carboxylic acids is 1. The molecule has 0 aromatic heterocycles. The smallest absolute Gasteiger partial charge is 0.419 e. The number of rotatable bonds is 6. The monoisotopic (exact) mass is 601 g/mol. The lowest BCUT2D eigenvalue weighted by Gasteiger charge is -2.36. The van der Waals surface area contributed by atoms with Gasteiger partial charge in [0, 0.05) is 47.3 Å². The summed E-state index contributed by atoms with van der Waals surface area (Å²) in [6, 6.07) is 20.9. The maximum atomic E-state index is 13.8. The van der Waals surface area contributed by atoms with Crippen LogP contribution < -0.4 is 19.1 Å². The molecule has 0 bridgehead atoms. The molecule has 42 heavy (non-hydrogen) atoms. The Hall–Kier alpha value is -3.10. The zero-order chi connectivity index (χ0) is 29.5. The minimum atomic E-state index is -1.92. The number of carbonyl (C=O) groups is 1. The Kier molecular flexibility index (Phi) is 7.96. The van der Waals surface area contributed by atoms with Crippen molar-refractivity contribution in [2.75, 3.05) is 40.9 Å². The van der Waals surface area contributed by atoms with Crippen molar-refractivity contribution in [2.24, 2.45) is 0 Å². The number of fused-ring (bicyclic) bond motifs is 2. The highest BCUT2D eigenvalue weighted by atomic mass is 32.2. The molecule has 1 amide bonds. The second-order valence-corrected chi connectivity index (χ2v) is 19.0. The minimum absolute atomic E-state index is 0.130. The van der Waals surface area contributed by atoms with Gasteiger partial charge in [-0.2, -0.15) is 0 Å². The van der Waals surface area contributed by atoms with Gasteiger partial charge in [-0.3, -0.25) is 0 Å². The van der Waals surface area contributed by atoms with Gasteiger partial charge < -0.3 is 19.0 Å². The van der Waals surface area contributed by atoms with E-state index in [4.69, 9.17) is 9.16 Å². The van der Waals surface area contributed by atoms with Crippen LogP contribution in [-0.4, -0.2) is 40.6 Å². The van der Waals surface area contributed by atoms with Crippen LogP contribution in [0.1, 0.15) is 52.0 Å². The maximum absolute atomic E-state index is 13.8. The topological polar surface area (TPSA) is 45.3 Å². The molecule has 6 rings (SSSR count). The molecule has 6 nitrogen and oxygen atoms in total. The molecular formula is C34H43N3O3SSi. The van der Waals surface area contributed by atoms with Crippen molar-refractivity contribution >= 4 is 48.9 Å². The summed E-state index contributed by atoms with van der Waals surface area (Å²) in [5.74, 6) is 0.871. The number of ether oxygens (including phenoxy) is 1. The number of anilines is 4. The van der Waals surface area contributed by atoms with E-state index in [0.29, 0.717) is 0 Å². The highest BCUT2D eigenvalue weighted by Gasteiger charge is 2.39. The largest absolute Gasteiger partial charge is 0.544 e. The van der Waals surface area contributed by atoms with E-state index in [1.807, 2.05) is 24.3 Å². The summed E-state index contributed by atoms with van der Waals surface area (Å²) in [7, 11) is -1.92. The van der Waals surface area contributed by atoms with Crippen molar-refractivity contribution in [3.8, 4) is 5.75 Å². The van der Waals surface area contributed by atoms with Gasteiger partial charge in [0.2, 0.25) is 8.32 Å². The Labute approximate surface area is 256 Å². The highest BCUT2D eigenvalue weighted by Crippen LogP contribution is 2.51. The van der Waals surface area contributed by atoms with E-state index in [1.165, 1.54) is 37.1 Å². The summed E-state index contributed by atoms with van der Waals surface area (Å²) >= 11 is 1.76. The Morgan fingerprint density at radius 1 is 0.786 bits per heavy atom. The number of amides is 1. The van der Waals surface area contributed by atoms with Crippen LogP contribution in [0.5, 0.6) is 5.75 Å². The Bertz CT molecular complexity index is 1380. The van der Waals surface area contributed by atoms with Crippen molar-refractivity contribution in [3.63, 3.8) is 0 Å². The molecule has 0 unspecified atom stereocenters. The lowest BCUT2D eigenvalue weighted by atomic mass is 10.2. The lowest BCUT2D eigenvalue weighted by molar-refractivity contribution is 0.149. The van der Waals surface area contributed by atoms with Gasteiger partial charge in [-0.1, -0.05) is 44.7 Å². The molecule has 2 saturated heterocycles. The summed E-state index contributed by atoms with van der Waals surface area (Å²) < 4.78 is 12.4. The summed E-state index contributed by atoms with van der Waals surface area (Å²) in [5.41, 5.74) is 5.16. The van der Waals surface area contributed by atoms with E-state index in [2.05, 4.69) is 80.1 Å². The maximum Gasteiger partial charge on any atom is 0.419 e. The number of hydrogen-bond donors (Lipinski definition) is 0. The summed E-state index contributed by atoms with van der Waals surface area (Å²) in [6.07, 6.45) is 4.56. The first kappa shape index (κ1) is 29.0. The average Bonchev–Trinajstić information content (AvgIpc) is 3.69. The molecule has 0 saturated carbocycles. The average molecular weight is 602 g/mol. The molecule has 0 spiro atoms. The van der Waals surface area contributed by atoms with Crippen LogP contribution >= 0.6 is 11.8 Å². The van der Waals surface area contributed by atoms with E-state index in [-0.39, 0.29) is 17.7 Å². The van der Waals surface area contributed by atoms with Gasteiger partial charge in [-0.15, -0.1) is 0 Å². The molecule has 3 aromatic carbocycles. The van der Waals surface area contributed by atoms with Crippen molar-refractivity contribution in [1.29, 1.82) is 0 Å². The molecule has 3 aromatic rings. The summed E-state index contributed by atoms with van der Waals surface area (Å²) in [6.45, 7) is 15.8. The third kappa shape index (κ3) is 5.88. The second-order valence-electron chi connectivity index (χ2n) is 13.2. The molecule has 3 aliphatic heterocycles. The molecule has 3 heterocycles. The van der Waals surface area contributed by atoms with E-state index in [9.17, 15) is 4.79 Å². The standard InChI is InChI=1S/C34H43N3O3SSi/c1-34(2,3)42(4,5)40-28-14-10-25(11-15-28)24-39-33(38)37-29-16-12-26(35-18-6-7-19-35)22-31(29)41-32-23-27(13-17-30(32)37)36-20-8-9-21-36/h10-17,22-23H,6-9,18-21,24H2,1-5H3. The van der Waals surface area contributed by atoms with Gasteiger partial charge in [-0.25, -0.2) is 9.69 Å². The van der Waals surface area contributed by atoms with Gasteiger partial charge >= 0.3 is 6.09 Å². The zero-order valence-corrected chi connectivity index (χ0v) is 27.4. The molecular weight excluding hydrogens is 559 g/mol. The summed E-state index contributed by atoms with van der Waals surface area (Å²) in [4.78, 5) is 22.6. The third-order valence-corrected chi connectivity index (χ3v) is 14.6. The van der Waals surface area contributed by atoms with Crippen LogP contribution in [0, 0.1) is 0 Å². The number of nitrogens with zero attached hydrogens (tertiary/aromatic N) is 3. The van der Waals surface area contributed by atoms with Gasteiger partial charge in [0.15, 0.2) is 0 Å². The third-order valence-electron chi connectivity index (χ3n) is 9.18. The van der Waals surface area contributed by atoms with Crippen molar-refractivity contribution < 1.29 is 14.0 Å². The predicted molar refractivity (Wildman–Crippen MR) is 176 cm³/mol. The number of hydrogen-bond acceptors (Lipinski definition) is 6. The molecule has 0 N–H and O–H groups in total. The van der Waals surface area contributed by atoms with E-state index >= 15 is 0 Å². The predicted octanol–water partition coefficient (Wildman–Crippen LogP) is 9.21. The van der Waals surface area contributed by atoms with Crippen molar-refractivity contribution in [3.05, 3.63) is 66.2 Å². The molecule has 8 heteroatoms. The first-order valence-corrected chi connectivity index (χ1v) is 19.0. The Morgan fingerprint density at radius 2 is 1.29 bits per heavy atom. The van der Waals surface area contributed by atoms with E-state index in [0.717, 1.165) is 58.7 Å². The van der Waals surface area contributed by atoms with Crippen LogP contribution in [0.15, 0.2) is 70.5 Å². The lowest BCUT2D eigenvalue weighted by Crippen LogP contribution is -2.43. The van der Waals surface area contributed by atoms with Crippen LogP contribution in [-0.2, 0) is 11.3 Å². The van der Waals surface area contributed by atoms with E-state index < -0.39 is 8.32 Å². The van der Waals surface area contributed by atoms with Crippen LogP contribution in [0.3, 0.4) is 0 Å². The normalized spacial score (nSPS) is 16.8. The quantitative estimate of drug-likeness (QED) is 0.263. The first-order chi connectivity index (χ1) is 20.1. The fourth-order valence-corrected chi connectivity index (χ4v) is 7.79. The first-order valence-electron chi connectivity index (χ1n) is 15.3. The molecule has 222 valence electrons. The van der Waals surface area contributed by atoms with Crippen LogP contribution in [0.25, 0.3) is 0 Å². The molecule has 0 atom stereocenters. The van der Waals surface area contributed by atoms with Crippen LogP contribution in [0.4, 0.5) is 27.5 Å². The van der Waals surface area contributed by atoms with Gasteiger partial charge in [-0.05, 0) is 97.9 Å². The molecule has 0 aliphatic carbocycles. The molecule has 3 aliphatic rings. The minimum Gasteiger partial charge on any atom is -0.544 e. The van der Waals surface area contributed by atoms with Gasteiger partial charge in [0.1, 0.15) is 12.4 Å². The summed E-state index contributed by atoms with van der Waals surface area (Å²) in [5, 5.41) is 0.130. The Morgan fingerprint density at radius 3 is 1.76 bits per heavy atom. The Balaban J connectivity index is 1.23. The number of benzene rings is 3. The molecule has 2 fully saturated rings. The van der Waals surface area contributed by atoms with Gasteiger partial charge in [0.05, 0.1) is 11.4 Å². The van der Waals surface area contributed by atoms with Gasteiger partial charge in [0.25, 0.3) is 0 Å². The fraction of sp³-hybridized carbons (Fsp3) is 0.441. The SMILES string of the molecule is CC(C)(C)[Si](C)(C)Oc1ccc(COC(=O)N2c3ccc(N4CCCC4)cc3Sc3cc(N4CCCC4)ccc32)cc1. The highest BCUT2D eigenvalue weighted by molar-refractivity contribution is 7.99.